The molecule has 1 aromatic rings. The number of benzene rings is 1. The molecule has 16 heavy (non-hydrogen) atoms. The molecular formula is C12H16ClFN2. The van der Waals surface area contributed by atoms with Crippen LogP contribution >= 0.6 is 11.6 Å². The summed E-state index contributed by atoms with van der Waals surface area (Å²) in [5.74, 6) is -0.368. The number of hydrogen-bond acceptors (Lipinski definition) is 2. The number of piperidine rings is 1. The van der Waals surface area contributed by atoms with Crippen molar-refractivity contribution in [2.24, 2.45) is 0 Å². The molecule has 1 aromatic carbocycles. The first kappa shape index (κ1) is 11.7. The molecule has 1 aliphatic rings. The van der Waals surface area contributed by atoms with Crippen molar-refractivity contribution in [3.8, 4) is 0 Å². The number of halogens is 2. The zero-order chi connectivity index (χ0) is 11.5. The molecule has 2 rings (SSSR count). The Morgan fingerprint density at radius 1 is 1.50 bits per heavy atom. The van der Waals surface area contributed by atoms with E-state index in [0.29, 0.717) is 6.04 Å². The van der Waals surface area contributed by atoms with E-state index in [1.165, 1.54) is 12.5 Å². The molecule has 2 nitrogen and oxygen atoms in total. The number of likely N-dealkylation sites (tertiary alicyclic amines) is 1. The molecule has 0 saturated carbocycles. The third kappa shape index (κ3) is 2.86. The van der Waals surface area contributed by atoms with Crippen LogP contribution in [-0.2, 0) is 0 Å². The van der Waals surface area contributed by atoms with Gasteiger partial charge in [-0.25, -0.2) is 4.39 Å². The van der Waals surface area contributed by atoms with Gasteiger partial charge in [-0.15, -0.1) is 0 Å². The van der Waals surface area contributed by atoms with E-state index in [1.807, 2.05) is 0 Å². The standard InChI is InChI=1S/C12H16ClFN2/c1-16-6-2-3-10(8-16)15-9-4-5-12(14)11(13)7-9/h4-5,7,10,15H,2-3,6,8H2,1H3. The maximum atomic E-state index is 13.0. The first-order valence-electron chi connectivity index (χ1n) is 5.55. The van der Waals surface area contributed by atoms with E-state index in [4.69, 9.17) is 11.6 Å². The van der Waals surface area contributed by atoms with Crippen LogP contribution in [0.15, 0.2) is 18.2 Å². The van der Waals surface area contributed by atoms with Gasteiger partial charge in [-0.05, 0) is 44.6 Å². The summed E-state index contributed by atoms with van der Waals surface area (Å²) in [6.45, 7) is 2.18. The fourth-order valence-electron chi connectivity index (χ4n) is 2.11. The molecule has 4 heteroatoms. The smallest absolute Gasteiger partial charge is 0.141 e. The van der Waals surface area contributed by atoms with E-state index >= 15 is 0 Å². The highest BCUT2D eigenvalue weighted by Gasteiger charge is 2.16. The van der Waals surface area contributed by atoms with Crippen LogP contribution in [0.1, 0.15) is 12.8 Å². The van der Waals surface area contributed by atoms with Gasteiger partial charge in [-0.2, -0.15) is 0 Å². The van der Waals surface area contributed by atoms with Crippen molar-refractivity contribution >= 4 is 17.3 Å². The molecule has 0 radical (unpaired) electrons. The molecule has 0 spiro atoms. The van der Waals surface area contributed by atoms with Crippen LogP contribution in [0.5, 0.6) is 0 Å². The lowest BCUT2D eigenvalue weighted by atomic mass is 10.1. The van der Waals surface area contributed by atoms with Gasteiger partial charge < -0.3 is 10.2 Å². The summed E-state index contributed by atoms with van der Waals surface area (Å²) in [4.78, 5) is 2.30. The first-order valence-corrected chi connectivity index (χ1v) is 5.93. The van der Waals surface area contributed by atoms with E-state index < -0.39 is 0 Å². The Kier molecular flexibility index (Phi) is 3.66. The van der Waals surface area contributed by atoms with Crippen LogP contribution in [0, 0.1) is 5.82 Å². The lowest BCUT2D eigenvalue weighted by molar-refractivity contribution is 0.261. The van der Waals surface area contributed by atoms with E-state index in [1.54, 1.807) is 12.1 Å². The Balaban J connectivity index is 2.00. The third-order valence-corrected chi connectivity index (χ3v) is 3.20. The number of rotatable bonds is 2. The molecule has 1 N–H and O–H groups in total. The summed E-state index contributed by atoms with van der Waals surface area (Å²) >= 11 is 5.73. The van der Waals surface area contributed by atoms with Gasteiger partial charge in [0, 0.05) is 18.3 Å². The monoisotopic (exact) mass is 242 g/mol. The summed E-state index contributed by atoms with van der Waals surface area (Å²) in [7, 11) is 2.12. The normalized spacial score (nSPS) is 22.1. The molecule has 1 fully saturated rings. The largest absolute Gasteiger partial charge is 0.381 e. The van der Waals surface area contributed by atoms with Gasteiger partial charge in [0.1, 0.15) is 5.82 Å². The Hall–Kier alpha value is -0.800. The van der Waals surface area contributed by atoms with Gasteiger partial charge in [0.15, 0.2) is 0 Å². The topological polar surface area (TPSA) is 15.3 Å². The van der Waals surface area contributed by atoms with Crippen molar-refractivity contribution < 1.29 is 4.39 Å². The van der Waals surface area contributed by atoms with E-state index in [-0.39, 0.29) is 10.8 Å². The van der Waals surface area contributed by atoms with Gasteiger partial charge in [0.05, 0.1) is 5.02 Å². The van der Waals surface area contributed by atoms with E-state index in [9.17, 15) is 4.39 Å². The Morgan fingerprint density at radius 3 is 3.00 bits per heavy atom. The zero-order valence-electron chi connectivity index (χ0n) is 9.34. The van der Waals surface area contributed by atoms with Crippen molar-refractivity contribution in [3.63, 3.8) is 0 Å². The van der Waals surface area contributed by atoms with Crippen molar-refractivity contribution in [1.82, 2.24) is 4.90 Å². The van der Waals surface area contributed by atoms with E-state index in [0.717, 1.165) is 25.2 Å². The summed E-state index contributed by atoms with van der Waals surface area (Å²) in [5.41, 5.74) is 0.895. The number of likely N-dealkylation sites (N-methyl/N-ethyl adjacent to an activating group) is 1. The van der Waals surface area contributed by atoms with Crippen LogP contribution < -0.4 is 5.32 Å². The molecule has 0 aromatic heterocycles. The number of nitrogens with one attached hydrogen (secondary N) is 1. The van der Waals surface area contributed by atoms with E-state index in [2.05, 4.69) is 17.3 Å². The minimum absolute atomic E-state index is 0.175. The first-order chi connectivity index (χ1) is 7.65. The van der Waals surface area contributed by atoms with Crippen molar-refractivity contribution in [3.05, 3.63) is 29.0 Å². The summed E-state index contributed by atoms with van der Waals surface area (Å²) in [6, 6.07) is 5.21. The SMILES string of the molecule is CN1CCCC(Nc2ccc(F)c(Cl)c2)C1. The van der Waals surface area contributed by atoms with Gasteiger partial charge in [-0.1, -0.05) is 11.6 Å². The molecule has 1 atom stereocenters. The predicted molar refractivity (Wildman–Crippen MR) is 65.6 cm³/mol. The van der Waals surface area contributed by atoms with Crippen molar-refractivity contribution in [1.29, 1.82) is 0 Å². The van der Waals surface area contributed by atoms with Crippen LogP contribution in [0.4, 0.5) is 10.1 Å². The minimum atomic E-state index is -0.368. The van der Waals surface area contributed by atoms with Gasteiger partial charge in [0.2, 0.25) is 0 Å². The maximum Gasteiger partial charge on any atom is 0.141 e. The molecule has 0 bridgehead atoms. The molecule has 1 heterocycles. The Morgan fingerprint density at radius 2 is 2.31 bits per heavy atom. The van der Waals surface area contributed by atoms with Crippen LogP contribution in [0.2, 0.25) is 5.02 Å². The van der Waals surface area contributed by atoms with Crippen molar-refractivity contribution in [2.45, 2.75) is 18.9 Å². The van der Waals surface area contributed by atoms with Gasteiger partial charge in [-0.3, -0.25) is 0 Å². The van der Waals surface area contributed by atoms with Gasteiger partial charge in [0.25, 0.3) is 0 Å². The molecule has 1 saturated heterocycles. The Labute approximate surface area is 100 Å². The minimum Gasteiger partial charge on any atom is -0.381 e. The maximum absolute atomic E-state index is 13.0. The fraction of sp³-hybridized carbons (Fsp3) is 0.500. The quantitative estimate of drug-likeness (QED) is 0.858. The van der Waals surface area contributed by atoms with Crippen LogP contribution in [-0.4, -0.2) is 31.1 Å². The molecule has 0 amide bonds. The van der Waals surface area contributed by atoms with Crippen LogP contribution in [0.3, 0.4) is 0 Å². The fourth-order valence-corrected chi connectivity index (χ4v) is 2.29. The van der Waals surface area contributed by atoms with Crippen LogP contribution in [0.25, 0.3) is 0 Å². The number of nitrogens with zero attached hydrogens (tertiary/aromatic N) is 1. The highest BCUT2D eigenvalue weighted by Crippen LogP contribution is 2.21. The summed E-state index contributed by atoms with van der Waals surface area (Å²) in [6.07, 6.45) is 2.35. The zero-order valence-corrected chi connectivity index (χ0v) is 10.1. The second-order valence-corrected chi connectivity index (χ2v) is 4.78. The third-order valence-electron chi connectivity index (χ3n) is 2.91. The lowest BCUT2D eigenvalue weighted by Crippen LogP contribution is -2.39. The van der Waals surface area contributed by atoms with Crippen molar-refractivity contribution in [2.75, 3.05) is 25.5 Å². The predicted octanol–water partition coefficient (Wildman–Crippen LogP) is 2.99. The molecule has 0 aliphatic carbocycles. The molecular weight excluding hydrogens is 227 g/mol. The number of hydrogen-bond donors (Lipinski definition) is 1. The molecule has 1 unspecified atom stereocenters. The lowest BCUT2D eigenvalue weighted by Gasteiger charge is -2.30. The Bertz CT molecular complexity index is 370. The average molecular weight is 243 g/mol. The summed E-state index contributed by atoms with van der Waals surface area (Å²) < 4.78 is 13.0. The number of anilines is 1. The second-order valence-electron chi connectivity index (χ2n) is 4.37. The van der Waals surface area contributed by atoms with Gasteiger partial charge >= 0.3 is 0 Å². The molecule has 88 valence electrons. The second kappa shape index (κ2) is 5.02. The average Bonchev–Trinajstić information content (AvgIpc) is 2.24. The summed E-state index contributed by atoms with van der Waals surface area (Å²) in [5, 5.41) is 3.56. The highest BCUT2D eigenvalue weighted by molar-refractivity contribution is 6.31. The molecule has 1 aliphatic heterocycles. The highest BCUT2D eigenvalue weighted by atomic mass is 35.5.